The van der Waals surface area contributed by atoms with E-state index in [-0.39, 0.29) is 18.6 Å². The molecule has 1 heterocycles. The molecule has 0 aliphatic rings. The van der Waals surface area contributed by atoms with Gasteiger partial charge in [0.15, 0.2) is 0 Å². The number of carbonyl (C=O) groups excluding carboxylic acids is 1. The Morgan fingerprint density at radius 3 is 2.88 bits per heavy atom. The standard InChI is InChI=1S/C11H17N3O2/c1-7(2)16-6-10(15)14-11-8(3)4-9(12)5-13-11/h4-5,7H,6,12H2,1-3H3,(H,13,14,15). The van der Waals surface area contributed by atoms with Crippen molar-refractivity contribution in [3.63, 3.8) is 0 Å². The van der Waals surface area contributed by atoms with E-state index >= 15 is 0 Å². The van der Waals surface area contributed by atoms with Crippen LogP contribution in [0, 0.1) is 6.92 Å². The molecule has 0 radical (unpaired) electrons. The smallest absolute Gasteiger partial charge is 0.251 e. The lowest BCUT2D eigenvalue weighted by atomic mass is 10.2. The Bertz CT molecular complexity index is 377. The van der Waals surface area contributed by atoms with Gasteiger partial charge in [-0.3, -0.25) is 4.79 Å². The quantitative estimate of drug-likeness (QED) is 0.807. The number of nitrogens with one attached hydrogen (secondary N) is 1. The van der Waals surface area contributed by atoms with Crippen LogP contribution >= 0.6 is 0 Å². The number of hydrogen-bond acceptors (Lipinski definition) is 4. The summed E-state index contributed by atoms with van der Waals surface area (Å²) < 4.78 is 5.17. The van der Waals surface area contributed by atoms with E-state index in [2.05, 4.69) is 10.3 Å². The zero-order valence-electron chi connectivity index (χ0n) is 9.78. The summed E-state index contributed by atoms with van der Waals surface area (Å²) in [7, 11) is 0. The molecule has 0 spiro atoms. The molecule has 0 aromatic carbocycles. The van der Waals surface area contributed by atoms with E-state index in [1.165, 1.54) is 6.20 Å². The van der Waals surface area contributed by atoms with Gasteiger partial charge in [0, 0.05) is 0 Å². The van der Waals surface area contributed by atoms with Crippen molar-refractivity contribution in [1.82, 2.24) is 4.98 Å². The molecule has 5 heteroatoms. The largest absolute Gasteiger partial charge is 0.397 e. The Kier molecular flexibility index (Phi) is 4.25. The number of hydrogen-bond donors (Lipinski definition) is 2. The number of aromatic nitrogens is 1. The van der Waals surface area contributed by atoms with Gasteiger partial charge in [0.05, 0.1) is 18.0 Å². The van der Waals surface area contributed by atoms with E-state index in [0.29, 0.717) is 11.5 Å². The van der Waals surface area contributed by atoms with Gasteiger partial charge in [-0.1, -0.05) is 0 Å². The zero-order chi connectivity index (χ0) is 12.1. The van der Waals surface area contributed by atoms with Crippen molar-refractivity contribution in [3.8, 4) is 0 Å². The monoisotopic (exact) mass is 223 g/mol. The van der Waals surface area contributed by atoms with Crippen LogP contribution in [0.15, 0.2) is 12.3 Å². The highest BCUT2D eigenvalue weighted by Crippen LogP contribution is 2.13. The van der Waals surface area contributed by atoms with Crippen LogP contribution in [0.3, 0.4) is 0 Å². The SMILES string of the molecule is Cc1cc(N)cnc1NC(=O)COC(C)C. The Hall–Kier alpha value is -1.62. The fourth-order valence-corrected chi connectivity index (χ4v) is 1.14. The van der Waals surface area contributed by atoms with Crippen LogP contribution in [0.1, 0.15) is 19.4 Å². The van der Waals surface area contributed by atoms with Gasteiger partial charge in [0.25, 0.3) is 5.91 Å². The maximum Gasteiger partial charge on any atom is 0.251 e. The molecule has 0 bridgehead atoms. The van der Waals surface area contributed by atoms with Gasteiger partial charge in [-0.05, 0) is 32.4 Å². The lowest BCUT2D eigenvalue weighted by Gasteiger charge is -2.09. The second kappa shape index (κ2) is 5.46. The van der Waals surface area contributed by atoms with Gasteiger partial charge in [0.1, 0.15) is 12.4 Å². The third-order valence-electron chi connectivity index (χ3n) is 1.90. The predicted molar refractivity (Wildman–Crippen MR) is 63.1 cm³/mol. The summed E-state index contributed by atoms with van der Waals surface area (Å²) in [6.45, 7) is 5.62. The van der Waals surface area contributed by atoms with Gasteiger partial charge < -0.3 is 15.8 Å². The van der Waals surface area contributed by atoms with Crippen LogP contribution in [0.4, 0.5) is 11.5 Å². The number of nitrogens with zero attached hydrogens (tertiary/aromatic N) is 1. The molecule has 0 aliphatic carbocycles. The summed E-state index contributed by atoms with van der Waals surface area (Å²) in [4.78, 5) is 15.5. The number of nitrogens with two attached hydrogens (primary N) is 1. The first-order chi connectivity index (χ1) is 7.49. The topological polar surface area (TPSA) is 77.2 Å². The molecule has 0 atom stereocenters. The van der Waals surface area contributed by atoms with Crippen LogP contribution in [0.25, 0.3) is 0 Å². The van der Waals surface area contributed by atoms with Crippen molar-refractivity contribution >= 4 is 17.4 Å². The number of amides is 1. The molecule has 5 nitrogen and oxygen atoms in total. The molecule has 0 saturated heterocycles. The van der Waals surface area contributed by atoms with E-state index in [0.717, 1.165) is 5.56 Å². The van der Waals surface area contributed by atoms with Crippen LogP contribution in [0.2, 0.25) is 0 Å². The maximum atomic E-state index is 11.4. The third kappa shape index (κ3) is 3.86. The normalized spacial score (nSPS) is 10.5. The summed E-state index contributed by atoms with van der Waals surface area (Å²) >= 11 is 0. The summed E-state index contributed by atoms with van der Waals surface area (Å²) in [5, 5.41) is 2.66. The van der Waals surface area contributed by atoms with Gasteiger partial charge in [-0.15, -0.1) is 0 Å². The number of pyridine rings is 1. The minimum Gasteiger partial charge on any atom is -0.397 e. The molecule has 0 aliphatic heterocycles. The Morgan fingerprint density at radius 2 is 2.31 bits per heavy atom. The molecule has 1 amide bonds. The van der Waals surface area contributed by atoms with Crippen molar-refractivity contribution in [3.05, 3.63) is 17.8 Å². The van der Waals surface area contributed by atoms with Crippen molar-refractivity contribution in [2.24, 2.45) is 0 Å². The minimum absolute atomic E-state index is 0.0309. The van der Waals surface area contributed by atoms with Gasteiger partial charge in [-0.25, -0.2) is 4.98 Å². The number of anilines is 2. The average Bonchev–Trinajstić information content (AvgIpc) is 2.19. The van der Waals surface area contributed by atoms with Crippen molar-refractivity contribution < 1.29 is 9.53 Å². The fourth-order valence-electron chi connectivity index (χ4n) is 1.14. The van der Waals surface area contributed by atoms with Gasteiger partial charge in [0.2, 0.25) is 0 Å². The second-order valence-electron chi connectivity index (χ2n) is 3.84. The Morgan fingerprint density at radius 1 is 1.62 bits per heavy atom. The molecular formula is C11H17N3O2. The molecule has 1 aromatic heterocycles. The molecular weight excluding hydrogens is 206 g/mol. The summed E-state index contributed by atoms with van der Waals surface area (Å²) in [5.74, 6) is 0.306. The van der Waals surface area contributed by atoms with Crippen molar-refractivity contribution in [2.45, 2.75) is 26.9 Å². The fraction of sp³-hybridized carbons (Fsp3) is 0.455. The Balaban J connectivity index is 2.56. The number of ether oxygens (including phenoxy) is 1. The van der Waals surface area contributed by atoms with E-state index < -0.39 is 0 Å². The maximum absolute atomic E-state index is 11.4. The lowest BCUT2D eigenvalue weighted by molar-refractivity contribution is -0.121. The van der Waals surface area contributed by atoms with Crippen LogP contribution in [0.5, 0.6) is 0 Å². The van der Waals surface area contributed by atoms with Crippen molar-refractivity contribution in [2.75, 3.05) is 17.7 Å². The number of nitrogen functional groups attached to an aromatic ring is 1. The highest BCUT2D eigenvalue weighted by atomic mass is 16.5. The average molecular weight is 223 g/mol. The van der Waals surface area contributed by atoms with E-state index in [1.54, 1.807) is 6.07 Å². The van der Waals surface area contributed by atoms with E-state index in [1.807, 2.05) is 20.8 Å². The molecule has 88 valence electrons. The number of aryl methyl sites for hydroxylation is 1. The lowest BCUT2D eigenvalue weighted by Crippen LogP contribution is -2.21. The highest BCUT2D eigenvalue weighted by Gasteiger charge is 2.07. The van der Waals surface area contributed by atoms with Crippen LogP contribution in [-0.4, -0.2) is 23.6 Å². The second-order valence-corrected chi connectivity index (χ2v) is 3.84. The molecule has 16 heavy (non-hydrogen) atoms. The van der Waals surface area contributed by atoms with E-state index in [9.17, 15) is 4.79 Å². The number of carbonyl (C=O) groups is 1. The van der Waals surface area contributed by atoms with Gasteiger partial charge in [-0.2, -0.15) is 0 Å². The molecule has 0 unspecified atom stereocenters. The third-order valence-corrected chi connectivity index (χ3v) is 1.90. The molecule has 0 fully saturated rings. The van der Waals surface area contributed by atoms with Crippen LogP contribution in [-0.2, 0) is 9.53 Å². The highest BCUT2D eigenvalue weighted by molar-refractivity contribution is 5.91. The predicted octanol–water partition coefficient (Wildman–Crippen LogP) is 1.34. The first-order valence-electron chi connectivity index (χ1n) is 5.12. The van der Waals surface area contributed by atoms with Crippen molar-refractivity contribution in [1.29, 1.82) is 0 Å². The molecule has 0 saturated carbocycles. The molecule has 3 N–H and O–H groups in total. The summed E-state index contributed by atoms with van der Waals surface area (Å²) in [5.41, 5.74) is 6.97. The first-order valence-corrected chi connectivity index (χ1v) is 5.12. The summed E-state index contributed by atoms with van der Waals surface area (Å²) in [6.07, 6.45) is 1.54. The van der Waals surface area contributed by atoms with E-state index in [4.69, 9.17) is 10.5 Å². The van der Waals surface area contributed by atoms with Gasteiger partial charge >= 0.3 is 0 Å². The molecule has 1 aromatic rings. The zero-order valence-corrected chi connectivity index (χ0v) is 9.78. The minimum atomic E-state index is -0.214. The molecule has 1 rings (SSSR count). The Labute approximate surface area is 95.0 Å². The number of rotatable bonds is 4. The first kappa shape index (κ1) is 12.4. The summed E-state index contributed by atoms with van der Waals surface area (Å²) in [6, 6.07) is 1.76. The van der Waals surface area contributed by atoms with Crippen LogP contribution < -0.4 is 11.1 Å².